The van der Waals surface area contributed by atoms with E-state index >= 15 is 0 Å². The Morgan fingerprint density at radius 1 is 0.733 bits per heavy atom. The Kier molecular flexibility index (Phi) is 1.50. The third-order valence-electron chi connectivity index (χ3n) is 1.21. The van der Waals surface area contributed by atoms with E-state index in [1.165, 1.54) is 0 Å². The summed E-state index contributed by atoms with van der Waals surface area (Å²) in [7, 11) is 0. The summed E-state index contributed by atoms with van der Waals surface area (Å²) in [6, 6.07) is -4.67. The second-order valence-corrected chi connectivity index (χ2v) is 3.94. The van der Waals surface area contributed by atoms with E-state index in [0.717, 1.165) is 0 Å². The highest BCUT2D eigenvalue weighted by atomic mass is 32.2. The molecule has 0 bridgehead atoms. The maximum Gasteiger partial charge on any atom is 0.0635 e. The zero-order chi connectivity index (χ0) is 19.0. The predicted molar refractivity (Wildman–Crippen MR) is 66.7 cm³/mol. The van der Waals surface area contributed by atoms with E-state index in [1.54, 1.807) is 0 Å². The molecule has 0 aromatic heterocycles. The van der Waals surface area contributed by atoms with Crippen molar-refractivity contribution >= 4 is 23.9 Å². The quantitative estimate of drug-likeness (QED) is 0.752. The van der Waals surface area contributed by atoms with Gasteiger partial charge in [-0.05, 0) is 48.1 Å². The number of rotatable bonds is 4. The summed E-state index contributed by atoms with van der Waals surface area (Å²) in [6.45, 7) is 0. The first-order valence-corrected chi connectivity index (χ1v) is 5.32. The van der Waals surface area contributed by atoms with Gasteiger partial charge in [0.2, 0.25) is 0 Å². The Morgan fingerprint density at radius 2 is 1.13 bits per heavy atom. The van der Waals surface area contributed by atoms with Crippen LogP contribution in [-0.4, -0.2) is 0 Å². The zero-order valence-corrected chi connectivity index (χ0v) is 8.90. The van der Waals surface area contributed by atoms with Gasteiger partial charge in [-0.3, -0.25) is 0 Å². The summed E-state index contributed by atoms with van der Waals surface area (Å²) in [5, 5.41) is 0. The normalized spacial score (nSPS) is 19.5. The number of nitrogens with zero attached hydrogens (tertiary/aromatic N) is 1. The Bertz CT molecular complexity index is 729. The largest absolute Gasteiger partial charge is 0.0968 e. The van der Waals surface area contributed by atoms with Crippen molar-refractivity contribution in [3.8, 4) is 0 Å². The highest BCUT2D eigenvalue weighted by Gasteiger charge is 1.95. The average Bonchev–Trinajstić information content (AvgIpc) is 2.60. The molecule has 0 N–H and O–H groups in total. The summed E-state index contributed by atoms with van der Waals surface area (Å²) in [5.41, 5.74) is 0. The van der Waals surface area contributed by atoms with Gasteiger partial charge in [0.05, 0.1) is 13.7 Å². The first-order chi connectivity index (χ1) is 11.6. The van der Waals surface area contributed by atoms with Crippen molar-refractivity contribution in [2.75, 3.05) is 0 Å². The molecule has 2 rings (SSSR count). The molecule has 0 amide bonds. The van der Waals surface area contributed by atoms with Gasteiger partial charge in [0.15, 0.2) is 0 Å². The Morgan fingerprint density at radius 3 is 1.53 bits per heavy atom. The summed E-state index contributed by atoms with van der Waals surface area (Å²) < 4.78 is 80.4. The minimum Gasteiger partial charge on any atom is -0.0968 e. The van der Waals surface area contributed by atoms with Gasteiger partial charge in [0.25, 0.3) is 0 Å². The number of benzene rings is 2. The predicted octanol–water partition coefficient (Wildman–Crippen LogP) is 4.01. The topological polar surface area (TPSA) is 14.1 Å². The van der Waals surface area contributed by atoms with Gasteiger partial charge in [-0.2, -0.15) is 0 Å². The van der Waals surface area contributed by atoms with Gasteiger partial charge in [0.1, 0.15) is 0 Å². The molecular formula is C12H10NS2. The van der Waals surface area contributed by atoms with Crippen molar-refractivity contribution in [3.05, 3.63) is 60.4 Å². The highest BCUT2D eigenvalue weighted by Crippen LogP contribution is 2.23. The van der Waals surface area contributed by atoms with Gasteiger partial charge >= 0.3 is 0 Å². The molecule has 0 atom stereocenters. The van der Waals surface area contributed by atoms with Crippen LogP contribution in [0, 0.1) is 0 Å². The molecule has 0 aliphatic heterocycles. The van der Waals surface area contributed by atoms with E-state index < -0.39 is 60.4 Å². The van der Waals surface area contributed by atoms with Crippen LogP contribution < -0.4 is 4.13 Å². The lowest BCUT2D eigenvalue weighted by molar-refractivity contribution is 1.42. The molecule has 0 saturated carbocycles. The molecule has 0 saturated heterocycles. The molecule has 75 valence electrons. The first-order valence-electron chi connectivity index (χ1n) is 8.77. The van der Waals surface area contributed by atoms with Gasteiger partial charge < -0.3 is 0 Å². The molecule has 3 heteroatoms. The van der Waals surface area contributed by atoms with Crippen LogP contribution in [0.4, 0.5) is 0 Å². The maximum absolute atomic E-state index is 7.78. The van der Waals surface area contributed by atoms with E-state index in [4.69, 9.17) is 13.7 Å². The van der Waals surface area contributed by atoms with E-state index in [-0.39, 0.29) is 9.79 Å². The first kappa shape index (κ1) is 3.84. The molecule has 0 spiro atoms. The Hall–Kier alpha value is -0.900. The average molecular weight is 242 g/mol. The van der Waals surface area contributed by atoms with E-state index in [2.05, 4.69) is 4.13 Å². The number of hydrogen-bond donors (Lipinski definition) is 0. The van der Waals surface area contributed by atoms with E-state index in [9.17, 15) is 0 Å². The van der Waals surface area contributed by atoms with Crippen molar-refractivity contribution in [2.45, 2.75) is 9.79 Å². The van der Waals surface area contributed by atoms with Crippen LogP contribution in [0.1, 0.15) is 13.7 Å². The zero-order valence-electron chi connectivity index (χ0n) is 17.3. The second-order valence-electron chi connectivity index (χ2n) is 2.17. The number of hydrogen-bond acceptors (Lipinski definition) is 2. The lowest BCUT2D eigenvalue weighted by Gasteiger charge is -1.99. The lowest BCUT2D eigenvalue weighted by atomic mass is 10.4. The van der Waals surface area contributed by atoms with E-state index in [0.29, 0.717) is 23.9 Å². The molecule has 0 unspecified atom stereocenters. The third kappa shape index (κ3) is 3.63. The SMILES string of the molecule is [2H]c1c([2H])c([2H])c(S[N]Sc2c([2H])c([2H])c([2H])c([2H])c2[2H])c([2H])c1[2H]. The molecule has 0 fully saturated rings. The molecular weight excluding hydrogens is 222 g/mol. The Balaban J connectivity index is 2.29. The van der Waals surface area contributed by atoms with E-state index in [1.807, 2.05) is 0 Å². The molecule has 0 heterocycles. The van der Waals surface area contributed by atoms with Crippen LogP contribution in [0.15, 0.2) is 70.2 Å². The van der Waals surface area contributed by atoms with Crippen LogP contribution in [0.2, 0.25) is 0 Å². The Labute approximate surface area is 113 Å². The molecule has 0 aliphatic carbocycles. The second kappa shape index (κ2) is 5.85. The molecule has 2 aromatic carbocycles. The van der Waals surface area contributed by atoms with Crippen molar-refractivity contribution in [2.24, 2.45) is 0 Å². The third-order valence-corrected chi connectivity index (χ3v) is 2.58. The van der Waals surface area contributed by atoms with Crippen LogP contribution in [-0.2, 0) is 0 Å². The van der Waals surface area contributed by atoms with Gasteiger partial charge in [0, 0.05) is 9.79 Å². The fourth-order valence-electron chi connectivity index (χ4n) is 0.662. The van der Waals surface area contributed by atoms with Gasteiger partial charge in [-0.15, -0.1) is 0 Å². The minimum absolute atomic E-state index is 0.106. The van der Waals surface area contributed by atoms with Crippen LogP contribution >= 0.6 is 23.9 Å². The molecule has 0 aliphatic rings. The standard InChI is InChI=1S/C12H10NS2/c1-3-7-11(8-4-1)14-13-15-12-9-5-2-6-10-12/h1-10H/i1D,2D,3D,4D,5D,6D,7D,8D,9D,10D. The van der Waals surface area contributed by atoms with Crippen LogP contribution in [0.3, 0.4) is 0 Å². The summed E-state index contributed by atoms with van der Waals surface area (Å²) in [4.78, 5) is -0.211. The maximum atomic E-state index is 7.78. The highest BCUT2D eigenvalue weighted by molar-refractivity contribution is 8.12. The minimum atomic E-state index is -0.516. The molecule has 2 aromatic rings. The van der Waals surface area contributed by atoms with Crippen LogP contribution in [0.5, 0.6) is 0 Å². The molecule has 15 heavy (non-hydrogen) atoms. The molecule has 1 radical (unpaired) electrons. The summed E-state index contributed by atoms with van der Waals surface area (Å²) in [6.07, 6.45) is 0. The van der Waals surface area contributed by atoms with Crippen LogP contribution in [0.25, 0.3) is 0 Å². The monoisotopic (exact) mass is 242 g/mol. The molecule has 1 nitrogen and oxygen atoms in total. The van der Waals surface area contributed by atoms with Crippen molar-refractivity contribution in [1.82, 2.24) is 4.13 Å². The van der Waals surface area contributed by atoms with Gasteiger partial charge in [-0.1, -0.05) is 40.4 Å². The van der Waals surface area contributed by atoms with Crippen molar-refractivity contribution < 1.29 is 13.7 Å². The lowest BCUT2D eigenvalue weighted by Crippen LogP contribution is -1.80. The smallest absolute Gasteiger partial charge is 0.0635 e. The fraction of sp³-hybridized carbons (Fsp3) is 0. The van der Waals surface area contributed by atoms with Crippen molar-refractivity contribution in [3.63, 3.8) is 0 Å². The van der Waals surface area contributed by atoms with Gasteiger partial charge in [-0.25, -0.2) is 0 Å². The summed E-state index contributed by atoms with van der Waals surface area (Å²) in [5.74, 6) is 0. The summed E-state index contributed by atoms with van der Waals surface area (Å²) >= 11 is 1.18. The van der Waals surface area contributed by atoms with Crippen molar-refractivity contribution in [1.29, 1.82) is 0 Å². The fourth-order valence-corrected chi connectivity index (χ4v) is 1.79.